The van der Waals surface area contributed by atoms with Crippen LogP contribution >= 0.6 is 0 Å². The van der Waals surface area contributed by atoms with Gasteiger partial charge in [0.2, 0.25) is 0 Å². The summed E-state index contributed by atoms with van der Waals surface area (Å²) in [5, 5.41) is 7.27. The van der Waals surface area contributed by atoms with E-state index in [1.165, 1.54) is 0 Å². The van der Waals surface area contributed by atoms with Crippen molar-refractivity contribution in [3.05, 3.63) is 89.1 Å². The van der Waals surface area contributed by atoms with Crippen molar-refractivity contribution in [3.63, 3.8) is 0 Å². The number of Topliss-reactive ketones (excluding diaryl/α,β-unsaturated/α-hetero) is 1. The van der Waals surface area contributed by atoms with Gasteiger partial charge in [-0.3, -0.25) is 4.79 Å². The van der Waals surface area contributed by atoms with Crippen molar-refractivity contribution >= 4 is 17.2 Å². The number of rotatable bonds is 8. The van der Waals surface area contributed by atoms with Crippen LogP contribution < -0.4 is 24.8 Å². The molecule has 2 atom stereocenters. The Morgan fingerprint density at radius 2 is 1.59 bits per heavy atom. The average Bonchev–Trinajstić information content (AvgIpc) is 3.09. The van der Waals surface area contributed by atoms with E-state index in [2.05, 4.69) is 36.6 Å². The smallest absolute Gasteiger partial charge is 0.163 e. The van der Waals surface area contributed by atoms with Gasteiger partial charge in [-0.25, -0.2) is 0 Å². The monoisotopic (exact) mass is 526 g/mol. The van der Waals surface area contributed by atoms with E-state index >= 15 is 0 Å². The number of carbonyl (C=O) groups excluding carboxylic acids is 1. The first-order valence-corrected chi connectivity index (χ1v) is 13.8. The fraction of sp³-hybridized carbons (Fsp3) is 0.364. The van der Waals surface area contributed by atoms with Gasteiger partial charge in [-0.15, -0.1) is 0 Å². The molecular formula is C33H38N2O4. The summed E-state index contributed by atoms with van der Waals surface area (Å²) in [5.74, 6) is 2.89. The third-order valence-corrected chi connectivity index (χ3v) is 7.13. The van der Waals surface area contributed by atoms with Gasteiger partial charge in [0.15, 0.2) is 17.3 Å². The molecule has 0 fully saturated rings. The third-order valence-electron chi connectivity index (χ3n) is 7.13. The predicted octanol–water partition coefficient (Wildman–Crippen LogP) is 7.50. The Morgan fingerprint density at radius 3 is 2.28 bits per heavy atom. The highest BCUT2D eigenvalue weighted by Crippen LogP contribution is 2.45. The zero-order valence-corrected chi connectivity index (χ0v) is 23.4. The Hall–Kier alpha value is -3.93. The second-order valence-electron chi connectivity index (χ2n) is 11.0. The summed E-state index contributed by atoms with van der Waals surface area (Å²) in [4.78, 5) is 13.9. The van der Waals surface area contributed by atoms with Crippen molar-refractivity contribution in [2.45, 2.75) is 58.6 Å². The van der Waals surface area contributed by atoms with Crippen LogP contribution in [0.15, 0.2) is 78.0 Å². The molecule has 1 aliphatic heterocycles. The third kappa shape index (κ3) is 5.90. The lowest BCUT2D eigenvalue weighted by atomic mass is 9.78. The van der Waals surface area contributed by atoms with Gasteiger partial charge in [-0.2, -0.15) is 0 Å². The van der Waals surface area contributed by atoms with E-state index < -0.39 is 0 Å². The minimum Gasteiger partial charge on any atom is -0.493 e. The number of methoxy groups -OCH3 is 1. The largest absolute Gasteiger partial charge is 0.493 e. The van der Waals surface area contributed by atoms with Crippen LogP contribution in [0.4, 0.5) is 11.4 Å². The number of anilines is 2. The van der Waals surface area contributed by atoms with E-state index in [1.54, 1.807) is 7.11 Å². The predicted molar refractivity (Wildman–Crippen MR) is 156 cm³/mol. The van der Waals surface area contributed by atoms with Crippen LogP contribution in [-0.4, -0.2) is 25.6 Å². The molecular weight excluding hydrogens is 488 g/mol. The molecule has 0 saturated heterocycles. The topological polar surface area (TPSA) is 68.8 Å². The van der Waals surface area contributed by atoms with E-state index in [0.717, 1.165) is 45.9 Å². The average molecular weight is 527 g/mol. The first kappa shape index (κ1) is 26.7. The van der Waals surface area contributed by atoms with Crippen LogP contribution in [0.5, 0.6) is 17.2 Å². The molecule has 0 bridgehead atoms. The lowest BCUT2D eigenvalue weighted by Crippen LogP contribution is -2.27. The molecule has 2 N–H and O–H groups in total. The van der Waals surface area contributed by atoms with Gasteiger partial charge in [-0.1, -0.05) is 44.2 Å². The molecule has 1 aliphatic carbocycles. The van der Waals surface area contributed by atoms with Crippen LogP contribution in [0.1, 0.15) is 63.6 Å². The molecule has 0 spiro atoms. The van der Waals surface area contributed by atoms with Crippen LogP contribution in [0.25, 0.3) is 0 Å². The van der Waals surface area contributed by atoms with Crippen molar-refractivity contribution < 1.29 is 19.0 Å². The van der Waals surface area contributed by atoms with Crippen LogP contribution in [-0.2, 0) is 4.79 Å². The summed E-state index contributed by atoms with van der Waals surface area (Å²) in [6.45, 7) is 8.94. The number of hydrogen-bond acceptors (Lipinski definition) is 6. The number of nitrogens with one attached hydrogen (secondary N) is 2. The summed E-state index contributed by atoms with van der Waals surface area (Å²) in [5.41, 5.74) is 5.75. The fourth-order valence-corrected chi connectivity index (χ4v) is 5.29. The Bertz CT molecular complexity index is 1360. The first-order chi connectivity index (χ1) is 18.8. The fourth-order valence-electron chi connectivity index (χ4n) is 5.29. The summed E-state index contributed by atoms with van der Waals surface area (Å²) in [7, 11) is 1.64. The zero-order chi connectivity index (χ0) is 27.5. The highest BCUT2D eigenvalue weighted by atomic mass is 16.5. The van der Waals surface area contributed by atoms with Crippen molar-refractivity contribution in [1.82, 2.24) is 0 Å². The Balaban J connectivity index is 1.50. The minimum absolute atomic E-state index is 0.0267. The van der Waals surface area contributed by atoms with Gasteiger partial charge in [-0.05, 0) is 79.6 Å². The highest BCUT2D eigenvalue weighted by Gasteiger charge is 2.36. The van der Waals surface area contributed by atoms with Crippen molar-refractivity contribution in [2.24, 2.45) is 5.92 Å². The molecule has 0 amide bonds. The number of hydrogen-bond donors (Lipinski definition) is 2. The summed E-state index contributed by atoms with van der Waals surface area (Å²) < 4.78 is 17.5. The lowest BCUT2D eigenvalue weighted by Gasteiger charge is -2.30. The van der Waals surface area contributed by atoms with Crippen molar-refractivity contribution in [1.29, 1.82) is 0 Å². The SMILES string of the molecule is COc1cc(C2Nc3ccccc3NC3=C2C(=O)CC(c2ccc(OCC(C)C)cc2)C3)ccc1OC(C)C. The molecule has 2 aliphatic rings. The van der Waals surface area contributed by atoms with E-state index in [9.17, 15) is 4.79 Å². The van der Waals surface area contributed by atoms with E-state index in [-0.39, 0.29) is 23.8 Å². The molecule has 3 aromatic rings. The van der Waals surface area contributed by atoms with Gasteiger partial charge < -0.3 is 24.8 Å². The van der Waals surface area contributed by atoms with E-state index in [0.29, 0.717) is 30.4 Å². The standard InChI is InChI=1S/C33H38N2O4/c1-20(2)19-38-25-13-10-22(11-14-25)24-16-28-32(29(36)17-24)33(35-27-9-7-6-8-26(27)34-28)23-12-15-30(39-21(3)4)31(18-23)37-5/h6-15,18,20-21,24,33-35H,16-17,19H2,1-5H3. The lowest BCUT2D eigenvalue weighted by molar-refractivity contribution is -0.116. The molecule has 0 aromatic heterocycles. The van der Waals surface area contributed by atoms with Crippen molar-refractivity contribution in [2.75, 3.05) is 24.4 Å². The molecule has 6 nitrogen and oxygen atoms in total. The van der Waals surface area contributed by atoms with Gasteiger partial charge >= 0.3 is 0 Å². The second-order valence-corrected chi connectivity index (χ2v) is 11.0. The summed E-state index contributed by atoms with van der Waals surface area (Å²) in [6.07, 6.45) is 1.22. The van der Waals surface area contributed by atoms with Gasteiger partial charge in [0.1, 0.15) is 5.75 Å². The van der Waals surface area contributed by atoms with Crippen LogP contribution in [0.2, 0.25) is 0 Å². The normalized spacial score (nSPS) is 18.6. The molecule has 0 radical (unpaired) electrons. The minimum atomic E-state index is -0.321. The quantitative estimate of drug-likeness (QED) is 0.317. The molecule has 39 heavy (non-hydrogen) atoms. The Labute approximate surface area is 231 Å². The number of carbonyl (C=O) groups is 1. The number of benzene rings is 3. The number of ketones is 1. The van der Waals surface area contributed by atoms with Crippen LogP contribution in [0, 0.1) is 5.92 Å². The molecule has 0 saturated carbocycles. The molecule has 1 heterocycles. The second kappa shape index (κ2) is 11.4. The van der Waals surface area contributed by atoms with Crippen LogP contribution in [0.3, 0.4) is 0 Å². The Morgan fingerprint density at radius 1 is 0.872 bits per heavy atom. The maximum atomic E-state index is 13.9. The maximum absolute atomic E-state index is 13.9. The molecule has 2 unspecified atom stereocenters. The zero-order valence-electron chi connectivity index (χ0n) is 23.4. The van der Waals surface area contributed by atoms with E-state index in [4.69, 9.17) is 14.2 Å². The number of fused-ring (bicyclic) bond motifs is 1. The van der Waals surface area contributed by atoms with Crippen molar-refractivity contribution in [3.8, 4) is 17.2 Å². The van der Waals surface area contributed by atoms with Gasteiger partial charge in [0, 0.05) is 17.7 Å². The van der Waals surface area contributed by atoms with E-state index in [1.807, 2.05) is 68.4 Å². The molecule has 5 rings (SSSR count). The number of ether oxygens (including phenoxy) is 3. The Kier molecular flexibility index (Phi) is 7.82. The molecule has 204 valence electrons. The molecule has 3 aromatic carbocycles. The summed E-state index contributed by atoms with van der Waals surface area (Å²) >= 11 is 0. The van der Waals surface area contributed by atoms with Gasteiger partial charge in [0.25, 0.3) is 0 Å². The highest BCUT2D eigenvalue weighted by molar-refractivity contribution is 6.01. The molecule has 6 heteroatoms. The number of para-hydroxylation sites is 2. The number of allylic oxidation sites excluding steroid dienone is 1. The first-order valence-electron chi connectivity index (χ1n) is 13.8. The van der Waals surface area contributed by atoms with Gasteiger partial charge in [0.05, 0.1) is 37.2 Å². The maximum Gasteiger partial charge on any atom is 0.163 e. The summed E-state index contributed by atoms with van der Waals surface area (Å²) in [6, 6.07) is 21.9.